The number of carboxylic acids is 1. The number of halogens is 1. The Labute approximate surface area is 167 Å². The van der Waals surface area contributed by atoms with E-state index >= 15 is 0 Å². The van der Waals surface area contributed by atoms with E-state index < -0.39 is 11.4 Å². The molecule has 144 valence electrons. The molecule has 2 aromatic carbocycles. The second-order valence-corrected chi connectivity index (χ2v) is 7.50. The highest BCUT2D eigenvalue weighted by Gasteiger charge is 2.21. The molecular weight excluding hydrogens is 376 g/mol. The number of nitrogens with one attached hydrogen (secondary N) is 2. The summed E-state index contributed by atoms with van der Waals surface area (Å²) in [5, 5.41) is 13.2. The molecule has 3 N–H and O–H groups in total. The van der Waals surface area contributed by atoms with Gasteiger partial charge in [0, 0.05) is 28.7 Å². The zero-order valence-corrected chi connectivity index (χ0v) is 16.1. The Bertz CT molecular complexity index is 1110. The number of hydrogen-bond donors (Lipinski definition) is 3. The number of aryl methyl sites for hydroxylation is 2. The first-order valence-corrected chi connectivity index (χ1v) is 9.94. The van der Waals surface area contributed by atoms with Gasteiger partial charge in [-0.2, -0.15) is 0 Å². The lowest BCUT2D eigenvalue weighted by molar-refractivity contribution is 0.0695. The number of hydrogen-bond acceptors (Lipinski definition) is 3. The summed E-state index contributed by atoms with van der Waals surface area (Å²) in [5.74, 6) is -0.775. The first-order chi connectivity index (χ1) is 13.6. The van der Waals surface area contributed by atoms with E-state index in [9.17, 15) is 14.7 Å². The molecule has 3 aromatic rings. The van der Waals surface area contributed by atoms with Crippen molar-refractivity contribution in [2.24, 2.45) is 0 Å². The summed E-state index contributed by atoms with van der Waals surface area (Å²) in [6, 6.07) is 12.2. The van der Waals surface area contributed by atoms with Crippen LogP contribution in [0.3, 0.4) is 0 Å². The minimum atomic E-state index is -1.23. The van der Waals surface area contributed by atoms with E-state index in [1.54, 1.807) is 6.07 Å². The average molecular weight is 397 g/mol. The van der Waals surface area contributed by atoms with Crippen LogP contribution in [0.25, 0.3) is 10.9 Å². The van der Waals surface area contributed by atoms with Gasteiger partial charge in [-0.05, 0) is 54.5 Å². The van der Waals surface area contributed by atoms with Crippen LogP contribution in [0.1, 0.15) is 45.9 Å². The number of benzene rings is 2. The van der Waals surface area contributed by atoms with Crippen molar-refractivity contribution in [3.8, 4) is 0 Å². The van der Waals surface area contributed by atoms with Gasteiger partial charge in [-0.1, -0.05) is 24.3 Å². The molecule has 0 fully saturated rings. The number of H-pyrrole nitrogens is 1. The number of alkyl halides is 1. The van der Waals surface area contributed by atoms with Crippen LogP contribution >= 0.6 is 11.6 Å². The lowest BCUT2D eigenvalue weighted by atomic mass is 9.87. The SMILES string of the molecule is O=C(O)c1c[nH]c2cc(CCCl)c(NC3CCCc4ccccc43)cc2c1=O. The van der Waals surface area contributed by atoms with Gasteiger partial charge in [-0.15, -0.1) is 11.6 Å². The van der Waals surface area contributed by atoms with Crippen LogP contribution in [-0.2, 0) is 12.8 Å². The maximum atomic E-state index is 12.6. The molecule has 6 heteroatoms. The summed E-state index contributed by atoms with van der Waals surface area (Å²) in [6.45, 7) is 0. The Morgan fingerprint density at radius 2 is 2.11 bits per heavy atom. The molecule has 0 aliphatic heterocycles. The zero-order valence-electron chi connectivity index (χ0n) is 15.3. The van der Waals surface area contributed by atoms with Crippen molar-refractivity contribution >= 4 is 34.2 Å². The number of aromatic carboxylic acids is 1. The van der Waals surface area contributed by atoms with Gasteiger partial charge < -0.3 is 15.4 Å². The number of pyridine rings is 1. The minimum Gasteiger partial charge on any atom is -0.477 e. The minimum absolute atomic E-state index is 0.151. The van der Waals surface area contributed by atoms with Crippen LogP contribution < -0.4 is 10.7 Å². The van der Waals surface area contributed by atoms with E-state index in [-0.39, 0.29) is 11.6 Å². The number of anilines is 1. The summed E-state index contributed by atoms with van der Waals surface area (Å²) in [4.78, 5) is 26.9. The van der Waals surface area contributed by atoms with E-state index in [1.807, 2.05) is 12.1 Å². The molecule has 5 nitrogen and oxygen atoms in total. The van der Waals surface area contributed by atoms with Crippen molar-refractivity contribution in [1.82, 2.24) is 4.98 Å². The van der Waals surface area contributed by atoms with Crippen molar-refractivity contribution in [3.63, 3.8) is 0 Å². The normalized spacial score (nSPS) is 16.0. The number of rotatable bonds is 5. The topological polar surface area (TPSA) is 82.2 Å². The van der Waals surface area contributed by atoms with Gasteiger partial charge in [-0.25, -0.2) is 4.79 Å². The third-order valence-corrected chi connectivity index (χ3v) is 5.59. The van der Waals surface area contributed by atoms with Gasteiger partial charge in [0.1, 0.15) is 5.56 Å². The third kappa shape index (κ3) is 3.38. The summed E-state index contributed by atoms with van der Waals surface area (Å²) < 4.78 is 0. The first kappa shape index (κ1) is 18.6. The summed E-state index contributed by atoms with van der Waals surface area (Å²) in [7, 11) is 0. The van der Waals surface area contributed by atoms with Crippen molar-refractivity contribution in [3.05, 3.63) is 75.1 Å². The Hall–Kier alpha value is -2.79. The standard InChI is InChI=1S/C22H21ClN2O3/c23-9-8-14-10-20-16(21(26)17(12-24-20)22(27)28)11-19(14)25-18-7-3-5-13-4-1-2-6-15(13)18/h1-2,4,6,10-12,18,25H,3,5,7-9H2,(H,24,26)(H,27,28). The fourth-order valence-corrected chi connectivity index (χ4v) is 4.21. The van der Waals surface area contributed by atoms with Crippen LogP contribution in [0, 0.1) is 0 Å². The Morgan fingerprint density at radius 3 is 2.89 bits per heavy atom. The number of carboxylic acid groups (broad SMARTS) is 1. The molecule has 0 saturated carbocycles. The quantitative estimate of drug-likeness (QED) is 0.554. The van der Waals surface area contributed by atoms with Crippen LogP contribution in [-0.4, -0.2) is 21.9 Å². The largest absolute Gasteiger partial charge is 0.477 e. The van der Waals surface area contributed by atoms with E-state index in [4.69, 9.17) is 11.6 Å². The van der Waals surface area contributed by atoms with Crippen LogP contribution in [0.5, 0.6) is 0 Å². The van der Waals surface area contributed by atoms with Gasteiger partial charge in [0.2, 0.25) is 5.43 Å². The van der Waals surface area contributed by atoms with Crippen molar-refractivity contribution in [2.45, 2.75) is 31.7 Å². The lowest BCUT2D eigenvalue weighted by Gasteiger charge is -2.28. The van der Waals surface area contributed by atoms with Crippen LogP contribution in [0.2, 0.25) is 0 Å². The van der Waals surface area contributed by atoms with Gasteiger partial charge in [0.25, 0.3) is 0 Å². The van der Waals surface area contributed by atoms with Crippen molar-refractivity contribution in [1.29, 1.82) is 0 Å². The summed E-state index contributed by atoms with van der Waals surface area (Å²) in [6.07, 6.45) is 5.07. The molecular formula is C22H21ClN2O3. The van der Waals surface area contributed by atoms with Gasteiger partial charge in [0.15, 0.2) is 0 Å². The number of aromatic nitrogens is 1. The molecule has 1 heterocycles. The molecule has 1 aliphatic carbocycles. The highest BCUT2D eigenvalue weighted by Crippen LogP contribution is 2.34. The molecule has 1 aliphatic rings. The van der Waals surface area contributed by atoms with Crippen molar-refractivity contribution < 1.29 is 9.90 Å². The molecule has 0 saturated heterocycles. The first-order valence-electron chi connectivity index (χ1n) is 9.40. The second kappa shape index (κ2) is 7.68. The Morgan fingerprint density at radius 1 is 1.29 bits per heavy atom. The molecule has 0 spiro atoms. The van der Waals surface area contributed by atoms with Crippen LogP contribution in [0.4, 0.5) is 5.69 Å². The molecule has 0 amide bonds. The molecule has 0 radical (unpaired) electrons. The highest BCUT2D eigenvalue weighted by atomic mass is 35.5. The smallest absolute Gasteiger partial charge is 0.341 e. The Balaban J connectivity index is 1.81. The van der Waals surface area contributed by atoms with Gasteiger partial charge in [-0.3, -0.25) is 4.79 Å². The lowest BCUT2D eigenvalue weighted by Crippen LogP contribution is -2.19. The molecule has 0 bridgehead atoms. The molecule has 28 heavy (non-hydrogen) atoms. The summed E-state index contributed by atoms with van der Waals surface area (Å²) in [5.41, 5.74) is 4.34. The predicted molar refractivity (Wildman–Crippen MR) is 112 cm³/mol. The molecule has 4 rings (SSSR count). The number of fused-ring (bicyclic) bond motifs is 2. The molecule has 1 atom stereocenters. The maximum absolute atomic E-state index is 12.6. The highest BCUT2D eigenvalue weighted by molar-refractivity contribution is 6.18. The van der Waals surface area contributed by atoms with Crippen LogP contribution in [0.15, 0.2) is 47.4 Å². The Kier molecular flexibility index (Phi) is 5.09. The third-order valence-electron chi connectivity index (χ3n) is 5.40. The monoisotopic (exact) mass is 396 g/mol. The van der Waals surface area contributed by atoms with Crippen molar-refractivity contribution in [2.75, 3.05) is 11.2 Å². The maximum Gasteiger partial charge on any atom is 0.341 e. The molecule has 1 unspecified atom stereocenters. The fourth-order valence-electron chi connectivity index (χ4n) is 4.01. The van der Waals surface area contributed by atoms with E-state index in [0.29, 0.717) is 23.2 Å². The second-order valence-electron chi connectivity index (χ2n) is 7.12. The molecule has 1 aromatic heterocycles. The van der Waals surface area contributed by atoms with E-state index in [2.05, 4.69) is 28.5 Å². The number of aromatic amines is 1. The van der Waals surface area contributed by atoms with Gasteiger partial charge >= 0.3 is 5.97 Å². The summed E-state index contributed by atoms with van der Waals surface area (Å²) >= 11 is 6.00. The van der Waals surface area contributed by atoms with Gasteiger partial charge in [0.05, 0.1) is 6.04 Å². The average Bonchev–Trinajstić information content (AvgIpc) is 2.69. The predicted octanol–water partition coefficient (Wildman–Crippen LogP) is 4.50. The van der Waals surface area contributed by atoms with E-state index in [0.717, 1.165) is 30.5 Å². The number of carbonyl (C=O) groups is 1. The zero-order chi connectivity index (χ0) is 19.7. The van der Waals surface area contributed by atoms with E-state index in [1.165, 1.54) is 17.3 Å². The fraction of sp³-hybridized carbons (Fsp3) is 0.273.